The van der Waals surface area contributed by atoms with E-state index < -0.39 is 0 Å². The van der Waals surface area contributed by atoms with E-state index in [2.05, 4.69) is 35.9 Å². The van der Waals surface area contributed by atoms with Crippen LogP contribution in [0.2, 0.25) is 0 Å². The summed E-state index contributed by atoms with van der Waals surface area (Å²) in [5.74, 6) is 0. The van der Waals surface area contributed by atoms with Crippen molar-refractivity contribution in [3.63, 3.8) is 0 Å². The van der Waals surface area contributed by atoms with Gasteiger partial charge in [0.05, 0.1) is 13.2 Å². The molecule has 2 saturated heterocycles. The molecule has 0 radical (unpaired) electrons. The highest BCUT2D eigenvalue weighted by molar-refractivity contribution is 9.11. The third kappa shape index (κ3) is 2.62. The minimum atomic E-state index is 0.654. The van der Waals surface area contributed by atoms with Crippen LogP contribution >= 0.6 is 27.3 Å². The van der Waals surface area contributed by atoms with Crippen LogP contribution in [0.3, 0.4) is 0 Å². The summed E-state index contributed by atoms with van der Waals surface area (Å²) in [7, 11) is 0. The molecule has 0 N–H and O–H groups in total. The Kier molecular flexibility index (Phi) is 3.60. The van der Waals surface area contributed by atoms with E-state index >= 15 is 0 Å². The fourth-order valence-electron chi connectivity index (χ4n) is 2.48. The molecule has 0 saturated carbocycles. The lowest BCUT2D eigenvalue weighted by atomic mass is 10.2. The Labute approximate surface area is 113 Å². The van der Waals surface area contributed by atoms with Gasteiger partial charge in [-0.05, 0) is 22.4 Å². The van der Waals surface area contributed by atoms with Crippen molar-refractivity contribution in [3.8, 4) is 0 Å². The molecule has 1 atom stereocenters. The van der Waals surface area contributed by atoms with Gasteiger partial charge in [0.25, 0.3) is 0 Å². The number of hydrogen-bond acceptors (Lipinski definition) is 6. The van der Waals surface area contributed by atoms with Gasteiger partial charge in [-0.25, -0.2) is 0 Å². The summed E-state index contributed by atoms with van der Waals surface area (Å²) in [6.45, 7) is 6.05. The average Bonchev–Trinajstić information content (AvgIpc) is 2.98. The van der Waals surface area contributed by atoms with Gasteiger partial charge in [0.2, 0.25) is 5.13 Å². The van der Waals surface area contributed by atoms with Crippen LogP contribution in [-0.2, 0) is 4.74 Å². The summed E-state index contributed by atoms with van der Waals surface area (Å²) in [5.41, 5.74) is 0. The van der Waals surface area contributed by atoms with Crippen LogP contribution in [0.15, 0.2) is 3.92 Å². The predicted molar refractivity (Wildman–Crippen MR) is 70.6 cm³/mol. The van der Waals surface area contributed by atoms with Crippen molar-refractivity contribution in [1.29, 1.82) is 0 Å². The summed E-state index contributed by atoms with van der Waals surface area (Å²) in [4.78, 5) is 4.88. The molecule has 2 aliphatic rings. The number of hydrogen-bond donors (Lipinski definition) is 0. The first-order valence-electron chi connectivity index (χ1n) is 5.89. The number of rotatable bonds is 2. The topological polar surface area (TPSA) is 41.5 Å². The molecule has 2 fully saturated rings. The Morgan fingerprint density at radius 3 is 2.76 bits per heavy atom. The summed E-state index contributed by atoms with van der Waals surface area (Å²) < 4.78 is 6.26. The molecule has 2 aliphatic heterocycles. The van der Waals surface area contributed by atoms with E-state index in [-0.39, 0.29) is 0 Å². The molecule has 0 bridgehead atoms. The molecular formula is C10H15BrN4OS. The second kappa shape index (κ2) is 5.17. The van der Waals surface area contributed by atoms with E-state index in [0.29, 0.717) is 6.04 Å². The largest absolute Gasteiger partial charge is 0.379 e. The predicted octanol–water partition coefficient (Wildman–Crippen LogP) is 1.21. The van der Waals surface area contributed by atoms with Gasteiger partial charge >= 0.3 is 0 Å². The van der Waals surface area contributed by atoms with Gasteiger partial charge in [0, 0.05) is 32.2 Å². The van der Waals surface area contributed by atoms with Gasteiger partial charge in [0.15, 0.2) is 3.92 Å². The van der Waals surface area contributed by atoms with E-state index in [0.717, 1.165) is 48.4 Å². The SMILES string of the molecule is Brc1nnc(N2CCC(N3CCOCC3)C2)s1. The van der Waals surface area contributed by atoms with E-state index in [9.17, 15) is 0 Å². The maximum absolute atomic E-state index is 5.39. The average molecular weight is 319 g/mol. The molecule has 5 nitrogen and oxygen atoms in total. The minimum Gasteiger partial charge on any atom is -0.379 e. The van der Waals surface area contributed by atoms with Gasteiger partial charge in [0.1, 0.15) is 0 Å². The van der Waals surface area contributed by atoms with Gasteiger partial charge < -0.3 is 9.64 Å². The maximum Gasteiger partial charge on any atom is 0.209 e. The second-order valence-corrected chi connectivity index (χ2v) is 6.61. The van der Waals surface area contributed by atoms with Crippen molar-refractivity contribution < 1.29 is 4.74 Å². The van der Waals surface area contributed by atoms with Gasteiger partial charge in [-0.3, -0.25) is 4.90 Å². The molecule has 0 spiro atoms. The van der Waals surface area contributed by atoms with Crippen molar-refractivity contribution in [1.82, 2.24) is 15.1 Å². The number of nitrogens with zero attached hydrogens (tertiary/aromatic N) is 4. The summed E-state index contributed by atoms with van der Waals surface area (Å²) >= 11 is 4.97. The molecule has 3 rings (SSSR count). The number of halogens is 1. The molecule has 3 heterocycles. The Morgan fingerprint density at radius 1 is 1.24 bits per heavy atom. The molecular weight excluding hydrogens is 304 g/mol. The first-order valence-corrected chi connectivity index (χ1v) is 7.49. The number of aromatic nitrogens is 2. The van der Waals surface area contributed by atoms with Gasteiger partial charge in [-0.1, -0.05) is 11.3 Å². The summed E-state index contributed by atoms with van der Waals surface area (Å²) in [6, 6.07) is 0.654. The van der Waals surface area contributed by atoms with E-state index in [1.54, 1.807) is 11.3 Å². The molecule has 1 unspecified atom stereocenters. The molecule has 1 aromatic heterocycles. The highest BCUT2D eigenvalue weighted by atomic mass is 79.9. The van der Waals surface area contributed by atoms with Crippen LogP contribution in [0.5, 0.6) is 0 Å². The number of ether oxygens (including phenoxy) is 1. The molecule has 94 valence electrons. The summed E-state index contributed by atoms with van der Waals surface area (Å²) in [5, 5.41) is 9.23. The molecule has 0 aromatic carbocycles. The van der Waals surface area contributed by atoms with Gasteiger partial charge in [-0.15, -0.1) is 10.2 Å². The molecule has 0 amide bonds. The fourth-order valence-corrected chi connectivity index (χ4v) is 3.60. The Hall–Kier alpha value is -0.240. The van der Waals surface area contributed by atoms with Crippen molar-refractivity contribution in [3.05, 3.63) is 3.92 Å². The zero-order chi connectivity index (χ0) is 11.7. The zero-order valence-corrected chi connectivity index (χ0v) is 11.9. The highest BCUT2D eigenvalue weighted by Gasteiger charge is 2.30. The van der Waals surface area contributed by atoms with Crippen LogP contribution in [0, 0.1) is 0 Å². The monoisotopic (exact) mass is 318 g/mol. The van der Waals surface area contributed by atoms with Crippen LogP contribution in [0.1, 0.15) is 6.42 Å². The van der Waals surface area contributed by atoms with E-state index in [1.807, 2.05) is 0 Å². The Bertz CT molecular complexity index is 382. The lowest BCUT2D eigenvalue weighted by molar-refractivity contribution is 0.0209. The van der Waals surface area contributed by atoms with Crippen molar-refractivity contribution in [2.45, 2.75) is 12.5 Å². The van der Waals surface area contributed by atoms with Crippen molar-refractivity contribution in [2.24, 2.45) is 0 Å². The standard InChI is InChI=1S/C10H15BrN4OS/c11-9-12-13-10(17-9)15-2-1-8(7-15)14-3-5-16-6-4-14/h8H,1-7H2. The van der Waals surface area contributed by atoms with Gasteiger partial charge in [-0.2, -0.15) is 0 Å². The normalized spacial score (nSPS) is 26.6. The number of morpholine rings is 1. The Balaban J connectivity index is 1.61. The van der Waals surface area contributed by atoms with Crippen LogP contribution in [-0.4, -0.2) is 60.5 Å². The first-order chi connectivity index (χ1) is 8.33. The zero-order valence-electron chi connectivity index (χ0n) is 9.51. The smallest absolute Gasteiger partial charge is 0.209 e. The number of anilines is 1. The second-order valence-electron chi connectivity index (χ2n) is 4.37. The third-order valence-corrected chi connectivity index (χ3v) is 4.80. The van der Waals surface area contributed by atoms with Crippen LogP contribution < -0.4 is 4.90 Å². The fraction of sp³-hybridized carbons (Fsp3) is 0.800. The molecule has 0 aliphatic carbocycles. The molecule has 7 heteroatoms. The lowest BCUT2D eigenvalue weighted by Crippen LogP contribution is -2.44. The molecule has 1 aromatic rings. The Morgan fingerprint density at radius 2 is 2.06 bits per heavy atom. The maximum atomic E-state index is 5.39. The highest BCUT2D eigenvalue weighted by Crippen LogP contribution is 2.28. The first kappa shape index (κ1) is 11.8. The van der Waals surface area contributed by atoms with Crippen molar-refractivity contribution in [2.75, 3.05) is 44.3 Å². The van der Waals surface area contributed by atoms with Crippen molar-refractivity contribution >= 4 is 32.4 Å². The third-order valence-electron chi connectivity index (χ3n) is 3.39. The lowest BCUT2D eigenvalue weighted by Gasteiger charge is -2.31. The minimum absolute atomic E-state index is 0.654. The quantitative estimate of drug-likeness (QED) is 0.820. The molecule has 17 heavy (non-hydrogen) atoms. The van der Waals surface area contributed by atoms with E-state index in [4.69, 9.17) is 4.74 Å². The van der Waals surface area contributed by atoms with Crippen LogP contribution in [0.25, 0.3) is 0 Å². The summed E-state index contributed by atoms with van der Waals surface area (Å²) in [6.07, 6.45) is 1.22. The van der Waals surface area contributed by atoms with E-state index in [1.165, 1.54) is 6.42 Å². The van der Waals surface area contributed by atoms with Crippen LogP contribution in [0.4, 0.5) is 5.13 Å².